The number of carbonyl (C=O) groups is 1. The highest BCUT2D eigenvalue weighted by Gasteiger charge is 2.43. The Morgan fingerprint density at radius 3 is 2.57 bits per heavy atom. The molecule has 0 spiro atoms. The molecule has 1 atom stereocenters. The molecule has 1 N–H and O–H groups in total. The molecule has 1 unspecified atom stereocenters. The molecule has 1 fully saturated rings. The zero-order chi connectivity index (χ0) is 19.9. The molecular weight excluding hydrogens is 366 g/mol. The summed E-state index contributed by atoms with van der Waals surface area (Å²) in [7, 11) is 0. The normalized spacial score (nSPS) is 26.0. The van der Waals surface area contributed by atoms with E-state index >= 15 is 0 Å². The third kappa shape index (κ3) is 3.68. The number of Topliss-reactive ketones (excluding diaryl/α,β-unsaturated/α-hetero) is 1. The number of aliphatic hydroxyl groups is 1. The molecule has 2 aliphatic heterocycles. The molecule has 3 aliphatic rings. The van der Waals surface area contributed by atoms with Crippen LogP contribution in [-0.4, -0.2) is 48.4 Å². The van der Waals surface area contributed by atoms with Crippen LogP contribution < -0.4 is 9.64 Å². The third-order valence-corrected chi connectivity index (χ3v) is 5.85. The quantitative estimate of drug-likeness (QED) is 0.856. The Balaban J connectivity index is 1.41. The van der Waals surface area contributed by atoms with Crippen molar-refractivity contribution in [3.63, 3.8) is 0 Å². The van der Waals surface area contributed by atoms with E-state index in [4.69, 9.17) is 4.99 Å². The summed E-state index contributed by atoms with van der Waals surface area (Å²) in [6, 6.07) is 6.70. The fourth-order valence-corrected chi connectivity index (χ4v) is 4.68. The lowest BCUT2D eigenvalue weighted by Crippen LogP contribution is -2.42. The predicted molar refractivity (Wildman–Crippen MR) is 102 cm³/mol. The first-order valence-corrected chi connectivity index (χ1v) is 9.64. The maximum Gasteiger partial charge on any atom is 0.387 e. The van der Waals surface area contributed by atoms with Gasteiger partial charge in [0, 0.05) is 48.8 Å². The Kier molecular flexibility index (Phi) is 4.95. The number of ketones is 1. The number of piperidine rings is 1. The molecular formula is C21H24F2N2O3. The third-order valence-electron chi connectivity index (χ3n) is 5.85. The standard InChI is InChI=1S/C21H24F2N2O3/c1-21(27)11-16(26)10-14-12-24-19(18(14)21)13-6-8-25(9-7-13)15-2-4-17(5-3-15)28-20(22)23/h2-5,13,20,27H,6-12H2,1H3. The second-order valence-electron chi connectivity index (χ2n) is 7.98. The first kappa shape index (κ1) is 19.1. The van der Waals surface area contributed by atoms with Crippen molar-refractivity contribution in [3.05, 3.63) is 35.4 Å². The molecule has 0 saturated carbocycles. The van der Waals surface area contributed by atoms with Gasteiger partial charge < -0.3 is 14.7 Å². The summed E-state index contributed by atoms with van der Waals surface area (Å²) in [5, 5.41) is 10.8. The number of hydrogen-bond acceptors (Lipinski definition) is 5. The van der Waals surface area contributed by atoms with E-state index in [-0.39, 0.29) is 23.9 Å². The summed E-state index contributed by atoms with van der Waals surface area (Å²) in [4.78, 5) is 18.8. The van der Waals surface area contributed by atoms with Gasteiger partial charge >= 0.3 is 6.61 Å². The molecule has 28 heavy (non-hydrogen) atoms. The molecule has 0 aromatic heterocycles. The van der Waals surface area contributed by atoms with Crippen molar-refractivity contribution in [2.45, 2.75) is 44.8 Å². The van der Waals surface area contributed by atoms with Gasteiger partial charge in [0.05, 0.1) is 12.1 Å². The number of halogens is 2. The number of nitrogens with zero attached hydrogens (tertiary/aromatic N) is 2. The van der Waals surface area contributed by atoms with Crippen LogP contribution in [0.5, 0.6) is 5.75 Å². The Hall–Kier alpha value is -2.28. The molecule has 0 radical (unpaired) electrons. The molecule has 5 nitrogen and oxygen atoms in total. The fraction of sp³-hybridized carbons (Fsp3) is 0.524. The summed E-state index contributed by atoms with van der Waals surface area (Å²) in [5.41, 5.74) is 2.72. The highest BCUT2D eigenvalue weighted by Crippen LogP contribution is 2.40. The summed E-state index contributed by atoms with van der Waals surface area (Å²) < 4.78 is 29.0. The minimum atomic E-state index is -2.82. The second-order valence-corrected chi connectivity index (χ2v) is 7.98. The number of carbonyl (C=O) groups excluding carboxylic acids is 1. The van der Waals surface area contributed by atoms with E-state index in [1.807, 2.05) is 0 Å². The smallest absolute Gasteiger partial charge is 0.387 e. The number of rotatable bonds is 4. The molecule has 1 aromatic rings. The monoisotopic (exact) mass is 390 g/mol. The zero-order valence-corrected chi connectivity index (χ0v) is 15.8. The van der Waals surface area contributed by atoms with Crippen molar-refractivity contribution in [2.75, 3.05) is 24.5 Å². The molecule has 150 valence electrons. The highest BCUT2D eigenvalue weighted by molar-refractivity contribution is 6.08. The molecule has 1 aliphatic carbocycles. The largest absolute Gasteiger partial charge is 0.435 e. The van der Waals surface area contributed by atoms with Crippen LogP contribution in [0.25, 0.3) is 0 Å². The van der Waals surface area contributed by atoms with Crippen molar-refractivity contribution < 1.29 is 23.4 Å². The van der Waals surface area contributed by atoms with E-state index in [9.17, 15) is 18.7 Å². The Labute approximate surface area is 162 Å². The van der Waals surface area contributed by atoms with Crippen LogP contribution in [0.4, 0.5) is 14.5 Å². The number of ether oxygens (including phenoxy) is 1. The van der Waals surface area contributed by atoms with Gasteiger partial charge in [-0.3, -0.25) is 9.79 Å². The maximum atomic E-state index is 12.3. The lowest BCUT2D eigenvalue weighted by molar-refractivity contribution is -0.122. The fourth-order valence-electron chi connectivity index (χ4n) is 4.68. The summed E-state index contributed by atoms with van der Waals surface area (Å²) in [6.45, 7) is 1.07. The van der Waals surface area contributed by atoms with Crippen molar-refractivity contribution in [2.24, 2.45) is 10.9 Å². The number of anilines is 1. The SMILES string of the molecule is CC1(O)CC(=O)CC2=C1C(C1CCN(c3ccc(OC(F)F)cc3)CC1)=NC2. The van der Waals surface area contributed by atoms with Gasteiger partial charge in [0.25, 0.3) is 0 Å². The van der Waals surface area contributed by atoms with E-state index in [1.54, 1.807) is 31.2 Å². The van der Waals surface area contributed by atoms with Crippen LogP contribution in [0.15, 0.2) is 40.4 Å². The Morgan fingerprint density at radius 1 is 1.25 bits per heavy atom. The van der Waals surface area contributed by atoms with Crippen LogP contribution in [0, 0.1) is 5.92 Å². The topological polar surface area (TPSA) is 62.1 Å². The van der Waals surface area contributed by atoms with Gasteiger partial charge in [-0.1, -0.05) is 0 Å². The summed E-state index contributed by atoms with van der Waals surface area (Å²) >= 11 is 0. The van der Waals surface area contributed by atoms with Gasteiger partial charge in [-0.15, -0.1) is 0 Å². The van der Waals surface area contributed by atoms with Crippen LogP contribution in [0.1, 0.15) is 32.6 Å². The summed E-state index contributed by atoms with van der Waals surface area (Å²) in [5.74, 6) is 0.502. The van der Waals surface area contributed by atoms with Crippen LogP contribution in [0.2, 0.25) is 0 Å². The van der Waals surface area contributed by atoms with Gasteiger partial charge in [-0.2, -0.15) is 8.78 Å². The van der Waals surface area contributed by atoms with E-state index in [2.05, 4.69) is 9.64 Å². The van der Waals surface area contributed by atoms with Crippen molar-refractivity contribution >= 4 is 17.2 Å². The molecule has 7 heteroatoms. The molecule has 2 heterocycles. The minimum absolute atomic E-state index is 0.0780. The van der Waals surface area contributed by atoms with Crippen LogP contribution >= 0.6 is 0 Å². The number of benzene rings is 1. The molecule has 0 bridgehead atoms. The van der Waals surface area contributed by atoms with Gasteiger partial charge in [0.1, 0.15) is 11.5 Å². The average molecular weight is 390 g/mol. The van der Waals surface area contributed by atoms with Crippen LogP contribution in [0.3, 0.4) is 0 Å². The molecule has 1 aromatic carbocycles. The first-order valence-electron chi connectivity index (χ1n) is 9.64. The van der Waals surface area contributed by atoms with E-state index < -0.39 is 12.2 Å². The lowest BCUT2D eigenvalue weighted by atomic mass is 9.74. The van der Waals surface area contributed by atoms with Gasteiger partial charge in [0.15, 0.2) is 0 Å². The average Bonchev–Trinajstić information content (AvgIpc) is 3.06. The van der Waals surface area contributed by atoms with Crippen LogP contribution in [-0.2, 0) is 4.79 Å². The molecule has 1 saturated heterocycles. The van der Waals surface area contributed by atoms with E-state index in [1.165, 1.54) is 0 Å². The Bertz CT molecular complexity index is 823. The molecule has 0 amide bonds. The highest BCUT2D eigenvalue weighted by atomic mass is 19.3. The predicted octanol–water partition coefficient (Wildman–Crippen LogP) is 3.37. The number of aliphatic imine (C=N–C) groups is 1. The van der Waals surface area contributed by atoms with Gasteiger partial charge in [-0.05, 0) is 49.6 Å². The van der Waals surface area contributed by atoms with Crippen molar-refractivity contribution in [1.29, 1.82) is 0 Å². The second kappa shape index (κ2) is 7.28. The van der Waals surface area contributed by atoms with E-state index in [0.29, 0.717) is 13.0 Å². The molecule has 4 rings (SSSR count). The number of alkyl halides is 2. The minimum Gasteiger partial charge on any atom is -0.435 e. The van der Waals surface area contributed by atoms with Crippen molar-refractivity contribution in [3.8, 4) is 5.75 Å². The number of hydrogen-bond donors (Lipinski definition) is 1. The van der Waals surface area contributed by atoms with E-state index in [0.717, 1.165) is 48.5 Å². The van der Waals surface area contributed by atoms with Gasteiger partial charge in [-0.25, -0.2) is 0 Å². The first-order chi connectivity index (χ1) is 13.3. The van der Waals surface area contributed by atoms with Crippen molar-refractivity contribution in [1.82, 2.24) is 0 Å². The summed E-state index contributed by atoms with van der Waals surface area (Å²) in [6.07, 6.45) is 2.37. The zero-order valence-electron chi connectivity index (χ0n) is 15.8. The maximum absolute atomic E-state index is 12.3. The van der Waals surface area contributed by atoms with Gasteiger partial charge in [0.2, 0.25) is 0 Å². The Morgan fingerprint density at radius 2 is 1.93 bits per heavy atom. The lowest BCUT2D eigenvalue weighted by Gasteiger charge is -2.37.